The topological polar surface area (TPSA) is 75.5 Å². The van der Waals surface area contributed by atoms with Crippen LogP contribution >= 0.6 is 12.2 Å². The summed E-state index contributed by atoms with van der Waals surface area (Å²) in [6.07, 6.45) is -3.03. The molecule has 208 valence electrons. The zero-order chi connectivity index (χ0) is 28.7. The second kappa shape index (κ2) is 12.6. The number of hydrazone groups is 1. The van der Waals surface area contributed by atoms with Crippen molar-refractivity contribution >= 4 is 35.1 Å². The van der Waals surface area contributed by atoms with Crippen molar-refractivity contribution in [3.05, 3.63) is 95.6 Å². The monoisotopic (exact) mass is 566 g/mol. The Morgan fingerprint density at radius 2 is 1.75 bits per heavy atom. The van der Waals surface area contributed by atoms with Gasteiger partial charge in [0, 0.05) is 30.9 Å². The van der Waals surface area contributed by atoms with E-state index in [0.717, 1.165) is 33.9 Å². The van der Waals surface area contributed by atoms with E-state index in [2.05, 4.69) is 50.9 Å². The van der Waals surface area contributed by atoms with Crippen LogP contribution in [0.1, 0.15) is 36.5 Å². The lowest BCUT2D eigenvalue weighted by Crippen LogP contribution is -2.24. The molecule has 0 radical (unpaired) electrons. The minimum absolute atomic E-state index is 0.255. The van der Waals surface area contributed by atoms with Crippen LogP contribution in [0.2, 0.25) is 0 Å². The number of aryl methyl sites for hydroxylation is 1. The molecule has 0 spiro atoms. The highest BCUT2D eigenvalue weighted by atomic mass is 32.1. The summed E-state index contributed by atoms with van der Waals surface area (Å²) < 4.78 is 42.6. The van der Waals surface area contributed by atoms with Gasteiger partial charge in [-0.25, -0.2) is 0 Å². The number of aromatic nitrogens is 2. The third kappa shape index (κ3) is 8.06. The number of alkyl halides is 3. The average Bonchev–Trinajstić information content (AvgIpc) is 3.28. The molecule has 7 nitrogen and oxygen atoms in total. The molecule has 0 fully saturated rings. The molecule has 40 heavy (non-hydrogen) atoms. The number of nitrogens with zero attached hydrogens (tertiary/aromatic N) is 3. The van der Waals surface area contributed by atoms with Crippen LogP contribution < -0.4 is 20.8 Å². The zero-order valence-electron chi connectivity index (χ0n) is 22.2. The van der Waals surface area contributed by atoms with Crippen molar-refractivity contribution in [2.45, 2.75) is 32.7 Å². The Morgan fingerprint density at radius 3 is 2.42 bits per heavy atom. The molecule has 4 rings (SSSR count). The number of nitrogens with one attached hydrogen (secondary N) is 3. The molecule has 11 heteroatoms. The third-order valence-electron chi connectivity index (χ3n) is 5.93. The van der Waals surface area contributed by atoms with Crippen LogP contribution in [0, 0.1) is 0 Å². The van der Waals surface area contributed by atoms with Gasteiger partial charge in [-0.15, -0.1) is 13.2 Å². The van der Waals surface area contributed by atoms with E-state index in [0.29, 0.717) is 17.6 Å². The van der Waals surface area contributed by atoms with Gasteiger partial charge in [0.05, 0.1) is 11.9 Å². The number of hydrogen-bond acceptors (Lipinski definition) is 5. The van der Waals surface area contributed by atoms with E-state index < -0.39 is 6.36 Å². The molecule has 0 aliphatic rings. The molecule has 1 heterocycles. The van der Waals surface area contributed by atoms with Crippen LogP contribution in [0.4, 0.5) is 24.7 Å². The van der Waals surface area contributed by atoms with E-state index >= 15 is 0 Å². The van der Waals surface area contributed by atoms with E-state index in [1.54, 1.807) is 23.0 Å². The molecular weight excluding hydrogens is 537 g/mol. The molecular formula is C29H29F3N6OS. The van der Waals surface area contributed by atoms with Crippen molar-refractivity contribution in [1.29, 1.82) is 0 Å². The molecule has 4 aromatic rings. The number of thiocarbonyl (C=S) groups is 1. The molecule has 0 amide bonds. The van der Waals surface area contributed by atoms with E-state index in [1.165, 1.54) is 17.7 Å². The Balaban J connectivity index is 1.31. The Bertz CT molecular complexity index is 1460. The Labute approximate surface area is 236 Å². The summed E-state index contributed by atoms with van der Waals surface area (Å²) in [6, 6.07) is 23.4. The van der Waals surface area contributed by atoms with E-state index in [-0.39, 0.29) is 5.75 Å². The fraction of sp³-hybridized carbons (Fsp3) is 0.207. The normalized spacial score (nSPS) is 11.6. The van der Waals surface area contributed by atoms with Gasteiger partial charge < -0.3 is 15.4 Å². The quantitative estimate of drug-likeness (QED) is 0.115. The second-order valence-electron chi connectivity index (χ2n) is 9.27. The maximum absolute atomic E-state index is 12.3. The summed E-state index contributed by atoms with van der Waals surface area (Å²) in [6.45, 7) is 4.67. The van der Waals surface area contributed by atoms with E-state index in [9.17, 15) is 13.2 Å². The fourth-order valence-corrected chi connectivity index (χ4v) is 4.11. The SMILES string of the molecule is CC(C)c1ccccc1NC(=S)N/N=C/c1ccc(-c2cc(NCc3ccc(OC(F)(F)F)cc3)n(C)n2)cc1. The van der Waals surface area contributed by atoms with Gasteiger partial charge in [-0.3, -0.25) is 10.1 Å². The van der Waals surface area contributed by atoms with Crippen molar-refractivity contribution in [2.75, 3.05) is 10.6 Å². The predicted molar refractivity (Wildman–Crippen MR) is 157 cm³/mol. The molecule has 0 unspecified atom stereocenters. The molecule has 0 saturated heterocycles. The summed E-state index contributed by atoms with van der Waals surface area (Å²) in [5.41, 5.74) is 8.35. The minimum atomic E-state index is -4.71. The van der Waals surface area contributed by atoms with Crippen LogP contribution in [-0.2, 0) is 13.6 Å². The number of ether oxygens (including phenoxy) is 1. The van der Waals surface area contributed by atoms with Gasteiger partial charge in [0.2, 0.25) is 0 Å². The van der Waals surface area contributed by atoms with Gasteiger partial charge in [-0.2, -0.15) is 10.2 Å². The molecule has 0 aliphatic carbocycles. The Hall–Kier alpha value is -4.38. The van der Waals surface area contributed by atoms with Gasteiger partial charge in [0.1, 0.15) is 11.6 Å². The summed E-state index contributed by atoms with van der Waals surface area (Å²) in [5.74, 6) is 0.873. The summed E-state index contributed by atoms with van der Waals surface area (Å²) in [4.78, 5) is 0. The van der Waals surface area contributed by atoms with Crippen LogP contribution in [-0.4, -0.2) is 27.5 Å². The van der Waals surface area contributed by atoms with Crippen molar-refractivity contribution < 1.29 is 17.9 Å². The van der Waals surface area contributed by atoms with Crippen molar-refractivity contribution in [1.82, 2.24) is 15.2 Å². The first-order valence-electron chi connectivity index (χ1n) is 12.5. The first-order valence-corrected chi connectivity index (χ1v) is 12.9. The van der Waals surface area contributed by atoms with Crippen LogP contribution in [0.5, 0.6) is 5.75 Å². The van der Waals surface area contributed by atoms with Crippen molar-refractivity contribution in [3.8, 4) is 17.0 Å². The lowest BCUT2D eigenvalue weighted by molar-refractivity contribution is -0.274. The first-order chi connectivity index (χ1) is 19.1. The molecule has 0 bridgehead atoms. The van der Waals surface area contributed by atoms with Crippen LogP contribution in [0.25, 0.3) is 11.3 Å². The van der Waals surface area contributed by atoms with Crippen LogP contribution in [0.3, 0.4) is 0 Å². The van der Waals surface area contributed by atoms with E-state index in [1.807, 2.05) is 55.6 Å². The van der Waals surface area contributed by atoms with Gasteiger partial charge in [0.15, 0.2) is 5.11 Å². The largest absolute Gasteiger partial charge is 0.573 e. The van der Waals surface area contributed by atoms with Crippen LogP contribution in [0.15, 0.2) is 84.0 Å². The smallest absolute Gasteiger partial charge is 0.406 e. The second-order valence-corrected chi connectivity index (χ2v) is 9.68. The maximum Gasteiger partial charge on any atom is 0.573 e. The number of anilines is 2. The Kier molecular flexibility index (Phi) is 9.05. The highest BCUT2D eigenvalue weighted by Crippen LogP contribution is 2.25. The lowest BCUT2D eigenvalue weighted by atomic mass is 10.0. The van der Waals surface area contributed by atoms with Gasteiger partial charge in [-0.1, -0.05) is 68.4 Å². The summed E-state index contributed by atoms with van der Waals surface area (Å²) in [7, 11) is 1.81. The Morgan fingerprint density at radius 1 is 1.05 bits per heavy atom. The molecule has 1 aromatic heterocycles. The highest BCUT2D eigenvalue weighted by molar-refractivity contribution is 7.80. The molecule has 3 aromatic carbocycles. The molecule has 0 atom stereocenters. The number of hydrogen-bond donors (Lipinski definition) is 3. The minimum Gasteiger partial charge on any atom is -0.406 e. The van der Waals surface area contributed by atoms with E-state index in [4.69, 9.17) is 12.2 Å². The van der Waals surface area contributed by atoms with Crippen molar-refractivity contribution in [3.63, 3.8) is 0 Å². The fourth-order valence-electron chi connectivity index (χ4n) is 3.95. The summed E-state index contributed by atoms with van der Waals surface area (Å²) >= 11 is 5.37. The lowest BCUT2D eigenvalue weighted by Gasteiger charge is -2.14. The van der Waals surface area contributed by atoms with Gasteiger partial charge >= 0.3 is 6.36 Å². The van der Waals surface area contributed by atoms with Gasteiger partial charge in [-0.05, 0) is 53.0 Å². The third-order valence-corrected chi connectivity index (χ3v) is 6.12. The molecule has 0 saturated carbocycles. The number of halogens is 3. The highest BCUT2D eigenvalue weighted by Gasteiger charge is 2.30. The van der Waals surface area contributed by atoms with Gasteiger partial charge in [0.25, 0.3) is 0 Å². The average molecular weight is 567 g/mol. The van der Waals surface area contributed by atoms with Crippen molar-refractivity contribution in [2.24, 2.45) is 12.1 Å². The molecule has 3 N–H and O–H groups in total. The predicted octanol–water partition coefficient (Wildman–Crippen LogP) is 7.04. The number of benzene rings is 3. The molecule has 0 aliphatic heterocycles. The first kappa shape index (κ1) is 28.6. The maximum atomic E-state index is 12.3. The standard InChI is InChI=1S/C29H29F3N6OS/c1-19(2)24-6-4-5-7-25(24)35-28(40)36-34-18-21-8-12-22(13-9-21)26-16-27(38(3)37-26)33-17-20-10-14-23(15-11-20)39-29(30,31)32/h4-16,18-19,33H,17H2,1-3H3,(H2,35,36,40)/b34-18+. The summed E-state index contributed by atoms with van der Waals surface area (Å²) in [5, 5.41) is 15.6. The number of para-hydroxylation sites is 1. The zero-order valence-corrected chi connectivity index (χ0v) is 23.0. The number of rotatable bonds is 9.